The second-order valence-corrected chi connectivity index (χ2v) is 5.70. The summed E-state index contributed by atoms with van der Waals surface area (Å²) in [6.07, 6.45) is 0.765. The van der Waals surface area contributed by atoms with Gasteiger partial charge >= 0.3 is 0 Å². The first-order chi connectivity index (χ1) is 12.2. The number of ether oxygens (including phenoxy) is 2. The third-order valence-corrected chi connectivity index (χ3v) is 4.18. The molecule has 2 aromatic carbocycles. The summed E-state index contributed by atoms with van der Waals surface area (Å²) >= 11 is 0. The van der Waals surface area contributed by atoms with E-state index in [9.17, 15) is 4.79 Å². The highest BCUT2D eigenvalue weighted by Gasteiger charge is 2.18. The van der Waals surface area contributed by atoms with Crippen molar-refractivity contribution in [3.8, 4) is 11.5 Å². The van der Waals surface area contributed by atoms with Crippen LogP contribution in [0, 0.1) is 0 Å². The standard InChI is InChI=1S/C20H21NO4/c1-4-16(13-8-10-15(23-2)11-9-13)21-20(22)18-12-14-6-5-7-17(24-3)19(14)25-18/h5-12,16H,4H2,1-3H3,(H,21,22)/t16-/m0/s1. The van der Waals surface area contributed by atoms with Crippen molar-refractivity contribution < 1.29 is 18.7 Å². The molecule has 0 unspecified atom stereocenters. The van der Waals surface area contributed by atoms with E-state index in [2.05, 4.69) is 5.32 Å². The zero-order chi connectivity index (χ0) is 17.8. The molecule has 0 saturated carbocycles. The molecule has 0 aliphatic carbocycles. The lowest BCUT2D eigenvalue weighted by molar-refractivity contribution is 0.0909. The minimum atomic E-state index is -0.249. The number of furan rings is 1. The van der Waals surface area contributed by atoms with Crippen molar-refractivity contribution >= 4 is 16.9 Å². The maximum Gasteiger partial charge on any atom is 0.287 e. The molecular formula is C20H21NO4. The number of nitrogens with one attached hydrogen (secondary N) is 1. The molecule has 0 radical (unpaired) electrons. The zero-order valence-electron chi connectivity index (χ0n) is 14.5. The van der Waals surface area contributed by atoms with E-state index in [0.29, 0.717) is 11.3 Å². The van der Waals surface area contributed by atoms with Crippen LogP contribution in [0.5, 0.6) is 11.5 Å². The second-order valence-electron chi connectivity index (χ2n) is 5.70. The monoisotopic (exact) mass is 339 g/mol. The van der Waals surface area contributed by atoms with Crippen molar-refractivity contribution in [1.82, 2.24) is 5.32 Å². The molecule has 5 heteroatoms. The number of rotatable bonds is 6. The summed E-state index contributed by atoms with van der Waals surface area (Å²) < 4.78 is 16.2. The predicted octanol–water partition coefficient (Wildman–Crippen LogP) is 4.33. The molecule has 5 nitrogen and oxygen atoms in total. The molecule has 0 saturated heterocycles. The smallest absolute Gasteiger partial charge is 0.287 e. The van der Waals surface area contributed by atoms with Gasteiger partial charge in [-0.1, -0.05) is 31.2 Å². The SMILES string of the molecule is CC[C@H](NC(=O)c1cc2cccc(OC)c2o1)c1ccc(OC)cc1. The van der Waals surface area contributed by atoms with E-state index in [1.165, 1.54) is 0 Å². The number of fused-ring (bicyclic) bond motifs is 1. The van der Waals surface area contributed by atoms with Crippen molar-refractivity contribution in [3.05, 3.63) is 59.9 Å². The van der Waals surface area contributed by atoms with E-state index in [1.807, 2.05) is 43.3 Å². The van der Waals surface area contributed by atoms with Gasteiger partial charge in [-0.2, -0.15) is 0 Å². The molecule has 3 rings (SSSR count). The molecule has 1 heterocycles. The van der Waals surface area contributed by atoms with E-state index < -0.39 is 0 Å². The quantitative estimate of drug-likeness (QED) is 0.726. The molecule has 130 valence electrons. The highest BCUT2D eigenvalue weighted by atomic mass is 16.5. The predicted molar refractivity (Wildman–Crippen MR) is 96.3 cm³/mol. The molecule has 3 aromatic rings. The largest absolute Gasteiger partial charge is 0.497 e. The fraction of sp³-hybridized carbons (Fsp3) is 0.250. The average Bonchev–Trinajstić information content (AvgIpc) is 3.10. The van der Waals surface area contributed by atoms with Crippen LogP contribution < -0.4 is 14.8 Å². The van der Waals surface area contributed by atoms with Gasteiger partial charge in [0.2, 0.25) is 0 Å². The Bertz CT molecular complexity index is 867. The average molecular weight is 339 g/mol. The van der Waals surface area contributed by atoms with Crippen LogP contribution >= 0.6 is 0 Å². The van der Waals surface area contributed by atoms with E-state index in [-0.39, 0.29) is 17.7 Å². The van der Waals surface area contributed by atoms with Crippen LogP contribution in [-0.4, -0.2) is 20.1 Å². The first kappa shape index (κ1) is 16.9. The summed E-state index contributed by atoms with van der Waals surface area (Å²) in [4.78, 5) is 12.6. The summed E-state index contributed by atoms with van der Waals surface area (Å²) in [5.74, 6) is 1.42. The minimum absolute atomic E-state index is 0.103. The Hall–Kier alpha value is -2.95. The number of hydrogen-bond acceptors (Lipinski definition) is 4. The van der Waals surface area contributed by atoms with Crippen LogP contribution in [0.2, 0.25) is 0 Å². The summed E-state index contributed by atoms with van der Waals surface area (Å²) in [7, 11) is 3.21. The van der Waals surface area contributed by atoms with Gasteiger partial charge in [0.25, 0.3) is 5.91 Å². The molecule has 0 bridgehead atoms. The molecule has 0 fully saturated rings. The van der Waals surface area contributed by atoms with Gasteiger partial charge in [0, 0.05) is 5.39 Å². The van der Waals surface area contributed by atoms with Gasteiger partial charge in [0.1, 0.15) is 5.75 Å². The summed E-state index contributed by atoms with van der Waals surface area (Å²) in [5, 5.41) is 3.86. The normalized spacial score (nSPS) is 12.0. The van der Waals surface area contributed by atoms with Gasteiger partial charge in [0.05, 0.1) is 20.3 Å². The Morgan fingerprint density at radius 2 is 1.88 bits per heavy atom. The Morgan fingerprint density at radius 3 is 2.52 bits per heavy atom. The zero-order valence-corrected chi connectivity index (χ0v) is 14.5. The maximum absolute atomic E-state index is 12.6. The van der Waals surface area contributed by atoms with Crippen LogP contribution in [0.3, 0.4) is 0 Å². The lowest BCUT2D eigenvalue weighted by atomic mass is 10.0. The molecule has 25 heavy (non-hydrogen) atoms. The van der Waals surface area contributed by atoms with Gasteiger partial charge < -0.3 is 19.2 Å². The third-order valence-electron chi connectivity index (χ3n) is 4.18. The van der Waals surface area contributed by atoms with Gasteiger partial charge in [-0.15, -0.1) is 0 Å². The van der Waals surface area contributed by atoms with Crippen molar-refractivity contribution in [2.75, 3.05) is 14.2 Å². The van der Waals surface area contributed by atoms with Gasteiger partial charge in [-0.3, -0.25) is 4.79 Å². The molecule has 1 aromatic heterocycles. The number of para-hydroxylation sites is 1. The molecule has 1 amide bonds. The minimum Gasteiger partial charge on any atom is -0.497 e. The van der Waals surface area contributed by atoms with Gasteiger partial charge in [-0.25, -0.2) is 0 Å². The summed E-state index contributed by atoms with van der Waals surface area (Å²) in [5.41, 5.74) is 1.60. The molecule has 1 N–H and O–H groups in total. The molecule has 0 aliphatic rings. The van der Waals surface area contributed by atoms with Crippen LogP contribution in [-0.2, 0) is 0 Å². The van der Waals surface area contributed by atoms with E-state index in [4.69, 9.17) is 13.9 Å². The number of carbonyl (C=O) groups excluding carboxylic acids is 1. The number of carbonyl (C=O) groups is 1. The lowest BCUT2D eigenvalue weighted by Crippen LogP contribution is -2.27. The highest BCUT2D eigenvalue weighted by molar-refractivity contribution is 5.97. The summed E-state index contributed by atoms with van der Waals surface area (Å²) in [6.45, 7) is 2.02. The van der Waals surface area contributed by atoms with Crippen molar-refractivity contribution in [2.24, 2.45) is 0 Å². The van der Waals surface area contributed by atoms with E-state index in [0.717, 1.165) is 23.1 Å². The number of benzene rings is 2. The Balaban J connectivity index is 1.82. The summed E-state index contributed by atoms with van der Waals surface area (Å²) in [6, 6.07) is 14.9. The number of hydrogen-bond donors (Lipinski definition) is 1. The third kappa shape index (κ3) is 3.45. The molecular weight excluding hydrogens is 318 g/mol. The van der Waals surface area contributed by atoms with Crippen molar-refractivity contribution in [3.63, 3.8) is 0 Å². The fourth-order valence-corrected chi connectivity index (χ4v) is 2.80. The first-order valence-corrected chi connectivity index (χ1v) is 8.17. The van der Waals surface area contributed by atoms with Crippen molar-refractivity contribution in [2.45, 2.75) is 19.4 Å². The fourth-order valence-electron chi connectivity index (χ4n) is 2.80. The first-order valence-electron chi connectivity index (χ1n) is 8.17. The number of amides is 1. The molecule has 0 aliphatic heterocycles. The van der Waals surface area contributed by atoms with Crippen molar-refractivity contribution in [1.29, 1.82) is 0 Å². The Morgan fingerprint density at radius 1 is 1.12 bits per heavy atom. The van der Waals surface area contributed by atoms with E-state index >= 15 is 0 Å². The van der Waals surface area contributed by atoms with Crippen LogP contribution in [0.25, 0.3) is 11.0 Å². The molecule has 0 spiro atoms. The van der Waals surface area contributed by atoms with Crippen LogP contribution in [0.4, 0.5) is 0 Å². The van der Waals surface area contributed by atoms with E-state index in [1.54, 1.807) is 26.4 Å². The lowest BCUT2D eigenvalue weighted by Gasteiger charge is -2.17. The molecule has 1 atom stereocenters. The van der Waals surface area contributed by atoms with Gasteiger partial charge in [-0.05, 0) is 36.2 Å². The number of methoxy groups -OCH3 is 2. The Kier molecular flexibility index (Phi) is 4.93. The Labute approximate surface area is 146 Å². The van der Waals surface area contributed by atoms with Crippen LogP contribution in [0.1, 0.15) is 35.5 Å². The maximum atomic E-state index is 12.6. The van der Waals surface area contributed by atoms with Crippen LogP contribution in [0.15, 0.2) is 52.9 Å². The highest BCUT2D eigenvalue weighted by Crippen LogP contribution is 2.29. The second kappa shape index (κ2) is 7.30. The topological polar surface area (TPSA) is 60.7 Å². The van der Waals surface area contributed by atoms with Gasteiger partial charge in [0.15, 0.2) is 17.1 Å².